The summed E-state index contributed by atoms with van der Waals surface area (Å²) >= 11 is 0. The average Bonchev–Trinajstić information content (AvgIpc) is 2.50. The van der Waals surface area contributed by atoms with Gasteiger partial charge in [0.15, 0.2) is 11.6 Å². The Hall–Kier alpha value is -1.65. The van der Waals surface area contributed by atoms with E-state index in [-0.39, 0.29) is 12.4 Å². The zero-order chi connectivity index (χ0) is 16.4. The van der Waals surface area contributed by atoms with Crippen molar-refractivity contribution in [2.24, 2.45) is 0 Å². The van der Waals surface area contributed by atoms with Crippen LogP contribution in [0.25, 0.3) is 0 Å². The van der Waals surface area contributed by atoms with E-state index in [0.717, 1.165) is 19.3 Å². The van der Waals surface area contributed by atoms with Crippen molar-refractivity contribution in [3.63, 3.8) is 0 Å². The molecule has 0 radical (unpaired) electrons. The van der Waals surface area contributed by atoms with E-state index in [9.17, 15) is 13.6 Å². The molecule has 0 heterocycles. The third-order valence-corrected chi connectivity index (χ3v) is 3.30. The van der Waals surface area contributed by atoms with E-state index in [4.69, 9.17) is 4.74 Å². The number of esters is 1. The molecule has 0 N–H and O–H groups in total. The van der Waals surface area contributed by atoms with Gasteiger partial charge in [-0.3, -0.25) is 0 Å². The third-order valence-electron chi connectivity index (χ3n) is 3.30. The SMILES string of the molecule is CCCCCCCCOc1ccc(C(=O)OCC)c(F)c1F. The number of hydrogen-bond acceptors (Lipinski definition) is 3. The molecule has 1 aromatic carbocycles. The summed E-state index contributed by atoms with van der Waals surface area (Å²) in [6.45, 7) is 4.20. The van der Waals surface area contributed by atoms with Crippen molar-refractivity contribution in [3.05, 3.63) is 29.3 Å². The maximum Gasteiger partial charge on any atom is 0.341 e. The largest absolute Gasteiger partial charge is 0.490 e. The van der Waals surface area contributed by atoms with E-state index in [2.05, 4.69) is 11.7 Å². The van der Waals surface area contributed by atoms with Crippen LogP contribution in [0.4, 0.5) is 8.78 Å². The molecular weight excluding hydrogens is 290 g/mol. The maximum absolute atomic E-state index is 13.8. The molecule has 5 heteroatoms. The van der Waals surface area contributed by atoms with Gasteiger partial charge in [-0.2, -0.15) is 4.39 Å². The molecule has 1 aromatic rings. The molecule has 0 aliphatic rings. The van der Waals surface area contributed by atoms with Crippen molar-refractivity contribution in [2.45, 2.75) is 52.4 Å². The normalized spacial score (nSPS) is 10.5. The van der Waals surface area contributed by atoms with Gasteiger partial charge in [-0.15, -0.1) is 0 Å². The Bertz CT molecular complexity index is 475. The van der Waals surface area contributed by atoms with E-state index < -0.39 is 23.2 Å². The number of hydrogen-bond donors (Lipinski definition) is 0. The van der Waals surface area contributed by atoms with Gasteiger partial charge in [0.05, 0.1) is 18.8 Å². The second-order valence-corrected chi connectivity index (χ2v) is 5.08. The highest BCUT2D eigenvalue weighted by Crippen LogP contribution is 2.23. The van der Waals surface area contributed by atoms with Crippen LogP contribution in [0.1, 0.15) is 62.7 Å². The van der Waals surface area contributed by atoms with Gasteiger partial charge in [0.25, 0.3) is 0 Å². The number of rotatable bonds is 10. The molecule has 0 spiro atoms. The van der Waals surface area contributed by atoms with Crippen LogP contribution in [0.2, 0.25) is 0 Å². The highest BCUT2D eigenvalue weighted by Gasteiger charge is 2.20. The quantitative estimate of drug-likeness (QED) is 0.456. The number of halogens is 2. The first-order valence-corrected chi connectivity index (χ1v) is 7.89. The van der Waals surface area contributed by atoms with Crippen LogP contribution in [0.3, 0.4) is 0 Å². The lowest BCUT2D eigenvalue weighted by Gasteiger charge is -2.10. The second kappa shape index (κ2) is 10.1. The van der Waals surface area contributed by atoms with Gasteiger partial charge >= 0.3 is 5.97 Å². The molecule has 0 aliphatic carbocycles. The van der Waals surface area contributed by atoms with E-state index in [1.165, 1.54) is 31.4 Å². The minimum absolute atomic E-state index is 0.107. The summed E-state index contributed by atoms with van der Waals surface area (Å²) < 4.78 is 37.5. The summed E-state index contributed by atoms with van der Waals surface area (Å²) in [7, 11) is 0. The molecule has 0 aromatic heterocycles. The number of ether oxygens (including phenoxy) is 2. The fourth-order valence-corrected chi connectivity index (χ4v) is 2.07. The molecule has 0 fully saturated rings. The van der Waals surface area contributed by atoms with E-state index in [1.54, 1.807) is 6.92 Å². The Morgan fingerprint density at radius 2 is 1.68 bits per heavy atom. The average molecular weight is 314 g/mol. The third kappa shape index (κ3) is 5.62. The van der Waals surface area contributed by atoms with Crippen molar-refractivity contribution in [2.75, 3.05) is 13.2 Å². The molecule has 3 nitrogen and oxygen atoms in total. The summed E-state index contributed by atoms with van der Waals surface area (Å²) in [6.07, 6.45) is 6.52. The molecule has 22 heavy (non-hydrogen) atoms. The van der Waals surface area contributed by atoms with E-state index in [0.29, 0.717) is 6.61 Å². The first-order chi connectivity index (χ1) is 10.6. The number of carbonyl (C=O) groups is 1. The standard InChI is InChI=1S/C17H24F2O3/c1-3-5-6-7-8-9-12-22-14-11-10-13(15(18)16(14)19)17(20)21-4-2/h10-11H,3-9,12H2,1-2H3. The van der Waals surface area contributed by atoms with Gasteiger partial charge in [-0.25, -0.2) is 9.18 Å². The molecule has 0 bridgehead atoms. The summed E-state index contributed by atoms with van der Waals surface area (Å²) in [5.41, 5.74) is -0.411. The molecule has 0 unspecified atom stereocenters. The Balaban J connectivity index is 2.48. The van der Waals surface area contributed by atoms with Crippen molar-refractivity contribution < 1.29 is 23.0 Å². The Morgan fingerprint density at radius 3 is 2.36 bits per heavy atom. The zero-order valence-corrected chi connectivity index (χ0v) is 13.3. The summed E-state index contributed by atoms with van der Waals surface area (Å²) in [4.78, 5) is 11.4. The fraction of sp³-hybridized carbons (Fsp3) is 0.588. The molecule has 124 valence electrons. The number of benzene rings is 1. The van der Waals surface area contributed by atoms with Crippen molar-refractivity contribution in [1.82, 2.24) is 0 Å². The molecule has 1 rings (SSSR count). The minimum atomic E-state index is -1.22. The van der Waals surface area contributed by atoms with E-state index >= 15 is 0 Å². The van der Waals surface area contributed by atoms with Gasteiger partial charge in [-0.1, -0.05) is 39.0 Å². The first kappa shape index (κ1) is 18.4. The second-order valence-electron chi connectivity index (χ2n) is 5.08. The summed E-state index contributed by atoms with van der Waals surface area (Å²) in [5, 5.41) is 0. The highest BCUT2D eigenvalue weighted by molar-refractivity contribution is 5.89. The van der Waals surface area contributed by atoms with Gasteiger partial charge < -0.3 is 9.47 Å². The Kier molecular flexibility index (Phi) is 8.48. The molecule has 0 saturated heterocycles. The monoisotopic (exact) mass is 314 g/mol. The van der Waals surface area contributed by atoms with Crippen LogP contribution in [0, 0.1) is 11.6 Å². The van der Waals surface area contributed by atoms with Crippen molar-refractivity contribution in [3.8, 4) is 5.75 Å². The Labute approximate surface area is 130 Å². The smallest absolute Gasteiger partial charge is 0.341 e. The van der Waals surface area contributed by atoms with Crippen LogP contribution in [0.5, 0.6) is 5.75 Å². The molecule has 0 aliphatic heterocycles. The predicted octanol–water partition coefficient (Wildman–Crippen LogP) is 4.88. The van der Waals surface area contributed by atoms with Crippen LogP contribution in [-0.4, -0.2) is 19.2 Å². The lowest BCUT2D eigenvalue weighted by molar-refractivity contribution is 0.0519. The number of carbonyl (C=O) groups excluding carboxylic acids is 1. The first-order valence-electron chi connectivity index (χ1n) is 7.89. The molecule has 0 amide bonds. The van der Waals surface area contributed by atoms with Crippen LogP contribution in [0.15, 0.2) is 12.1 Å². The Morgan fingerprint density at radius 1 is 1.00 bits per heavy atom. The van der Waals surface area contributed by atoms with Gasteiger partial charge in [0.2, 0.25) is 5.82 Å². The van der Waals surface area contributed by atoms with Crippen molar-refractivity contribution >= 4 is 5.97 Å². The lowest BCUT2D eigenvalue weighted by Crippen LogP contribution is -2.10. The maximum atomic E-state index is 13.8. The van der Waals surface area contributed by atoms with Gasteiger partial charge in [0, 0.05) is 0 Å². The van der Waals surface area contributed by atoms with Crippen LogP contribution < -0.4 is 4.74 Å². The molecule has 0 saturated carbocycles. The lowest BCUT2D eigenvalue weighted by atomic mass is 10.1. The summed E-state index contributed by atoms with van der Waals surface area (Å²) in [6, 6.07) is 2.45. The molecular formula is C17H24F2O3. The zero-order valence-electron chi connectivity index (χ0n) is 13.3. The topological polar surface area (TPSA) is 35.5 Å². The van der Waals surface area contributed by atoms with Crippen LogP contribution >= 0.6 is 0 Å². The fourth-order valence-electron chi connectivity index (χ4n) is 2.07. The highest BCUT2D eigenvalue weighted by atomic mass is 19.2. The van der Waals surface area contributed by atoms with Crippen LogP contribution in [-0.2, 0) is 4.74 Å². The summed E-state index contributed by atoms with van der Waals surface area (Å²) in [5.74, 6) is -3.41. The molecule has 0 atom stereocenters. The minimum Gasteiger partial charge on any atom is -0.490 e. The predicted molar refractivity (Wildman–Crippen MR) is 81.2 cm³/mol. The van der Waals surface area contributed by atoms with Crippen molar-refractivity contribution in [1.29, 1.82) is 0 Å². The number of unbranched alkanes of at least 4 members (excludes halogenated alkanes) is 5. The van der Waals surface area contributed by atoms with Gasteiger partial charge in [0.1, 0.15) is 0 Å². The van der Waals surface area contributed by atoms with Gasteiger partial charge in [-0.05, 0) is 25.5 Å². The van der Waals surface area contributed by atoms with E-state index in [1.807, 2.05) is 0 Å².